The number of H-pyrrole nitrogens is 1. The van der Waals surface area contributed by atoms with Crippen LogP contribution in [-0.4, -0.2) is 66.4 Å². The smallest absolute Gasteiger partial charge is 0.167 e. The van der Waals surface area contributed by atoms with Gasteiger partial charge in [0.25, 0.3) is 0 Å². The molecule has 30 heavy (non-hydrogen) atoms. The van der Waals surface area contributed by atoms with Gasteiger partial charge in [0, 0.05) is 28.5 Å². The van der Waals surface area contributed by atoms with Crippen molar-refractivity contribution in [1.29, 1.82) is 0 Å². The molecule has 0 amide bonds. The van der Waals surface area contributed by atoms with Crippen LogP contribution in [0.3, 0.4) is 0 Å². The zero-order valence-corrected chi connectivity index (χ0v) is 17.8. The number of pyridine rings is 1. The van der Waals surface area contributed by atoms with Gasteiger partial charge in [-0.3, -0.25) is 5.10 Å². The number of anilines is 1. The monoisotopic (exact) mass is 426 g/mol. The van der Waals surface area contributed by atoms with Crippen LogP contribution in [0, 0.1) is 0 Å². The van der Waals surface area contributed by atoms with E-state index in [-0.39, 0.29) is 6.04 Å². The van der Waals surface area contributed by atoms with E-state index in [0.29, 0.717) is 23.7 Å². The van der Waals surface area contributed by atoms with Crippen molar-refractivity contribution in [3.05, 3.63) is 30.1 Å². The fraction of sp³-hybridized carbons (Fsp3) is 0.571. The third-order valence-corrected chi connectivity index (χ3v) is 8.31. The number of fused-ring (bicyclic) bond motifs is 3. The first-order valence-electron chi connectivity index (χ1n) is 10.7. The number of thioether (sulfide) groups is 1. The minimum atomic E-state index is -0.843. The molecule has 6 rings (SSSR count). The Kier molecular flexibility index (Phi) is 4.33. The Labute approximate surface area is 179 Å². The summed E-state index contributed by atoms with van der Waals surface area (Å²) in [7, 11) is 0. The van der Waals surface area contributed by atoms with Crippen LogP contribution in [0.2, 0.25) is 0 Å². The van der Waals surface area contributed by atoms with Gasteiger partial charge in [-0.15, -0.1) is 0 Å². The predicted molar refractivity (Wildman–Crippen MR) is 116 cm³/mol. The van der Waals surface area contributed by atoms with Gasteiger partial charge in [-0.1, -0.05) is 0 Å². The lowest BCUT2D eigenvalue weighted by atomic mass is 9.84. The molecule has 3 aliphatic rings. The molecule has 3 saturated heterocycles. The fourth-order valence-corrected chi connectivity index (χ4v) is 7.10. The van der Waals surface area contributed by atoms with Crippen LogP contribution in [-0.2, 0) is 10.3 Å². The Hall–Kier alpha value is -2.10. The molecule has 2 bridgehead atoms. The Morgan fingerprint density at radius 2 is 2.13 bits per heavy atom. The molecule has 6 heterocycles. The Morgan fingerprint density at radius 3 is 2.87 bits per heavy atom. The largest absolute Gasteiger partial charge is 0.385 e. The maximum atomic E-state index is 11.9. The second kappa shape index (κ2) is 6.96. The lowest BCUT2D eigenvalue weighted by Gasteiger charge is -2.38. The molecule has 2 unspecified atom stereocenters. The molecule has 158 valence electrons. The number of ether oxygens (including phenoxy) is 1. The van der Waals surface area contributed by atoms with Crippen LogP contribution in [0.4, 0.5) is 5.82 Å². The highest BCUT2D eigenvalue weighted by atomic mass is 32.2. The summed E-state index contributed by atoms with van der Waals surface area (Å²) in [6.07, 6.45) is 7.54. The maximum absolute atomic E-state index is 11.9. The molecule has 0 saturated carbocycles. The normalized spacial score (nSPS) is 31.5. The zero-order valence-electron chi connectivity index (χ0n) is 17.0. The van der Waals surface area contributed by atoms with Crippen LogP contribution in [0.1, 0.15) is 38.2 Å². The number of aromatic amines is 1. The molecule has 8 nitrogen and oxygen atoms in total. The highest BCUT2D eigenvalue weighted by Crippen LogP contribution is 2.52. The molecule has 0 aliphatic carbocycles. The minimum Gasteiger partial charge on any atom is -0.385 e. The van der Waals surface area contributed by atoms with E-state index in [1.165, 1.54) is 12.8 Å². The van der Waals surface area contributed by atoms with Gasteiger partial charge in [-0.25, -0.2) is 4.98 Å². The minimum absolute atomic E-state index is 0.229. The van der Waals surface area contributed by atoms with E-state index in [4.69, 9.17) is 9.72 Å². The van der Waals surface area contributed by atoms with Crippen LogP contribution in [0.15, 0.2) is 24.5 Å². The first-order valence-corrected chi connectivity index (χ1v) is 11.7. The van der Waals surface area contributed by atoms with Crippen molar-refractivity contribution in [2.45, 2.75) is 54.7 Å². The quantitative estimate of drug-likeness (QED) is 0.665. The van der Waals surface area contributed by atoms with E-state index in [2.05, 4.69) is 44.9 Å². The lowest BCUT2D eigenvalue weighted by Crippen LogP contribution is -2.44. The number of hydrogen-bond donors (Lipinski definition) is 2. The number of morpholine rings is 1. The molecule has 0 aromatic carbocycles. The number of rotatable bonds is 3. The van der Waals surface area contributed by atoms with E-state index in [9.17, 15) is 5.11 Å². The summed E-state index contributed by atoms with van der Waals surface area (Å²) in [5, 5.41) is 25.6. The van der Waals surface area contributed by atoms with Gasteiger partial charge in [-0.05, 0) is 44.2 Å². The van der Waals surface area contributed by atoms with E-state index in [0.717, 1.165) is 47.6 Å². The highest BCUT2D eigenvalue weighted by molar-refractivity contribution is 8.00. The number of hydrogen-bond acceptors (Lipinski definition) is 7. The second-order valence-corrected chi connectivity index (χ2v) is 10.4. The summed E-state index contributed by atoms with van der Waals surface area (Å²) >= 11 is 2.05. The summed E-state index contributed by atoms with van der Waals surface area (Å²) in [6.45, 7) is 4.31. The van der Waals surface area contributed by atoms with E-state index in [1.807, 2.05) is 12.3 Å². The maximum Gasteiger partial charge on any atom is 0.167 e. The van der Waals surface area contributed by atoms with E-state index >= 15 is 0 Å². The van der Waals surface area contributed by atoms with Crippen LogP contribution < -0.4 is 4.90 Å². The van der Waals surface area contributed by atoms with Gasteiger partial charge in [0.15, 0.2) is 11.5 Å². The third-order valence-electron chi connectivity index (χ3n) is 6.73. The van der Waals surface area contributed by atoms with Crippen molar-refractivity contribution in [1.82, 2.24) is 25.0 Å². The van der Waals surface area contributed by atoms with Gasteiger partial charge >= 0.3 is 0 Å². The molecule has 0 radical (unpaired) electrons. The molecule has 3 aromatic rings. The number of nitrogens with one attached hydrogen (secondary N) is 1. The molecule has 3 aromatic heterocycles. The van der Waals surface area contributed by atoms with Crippen molar-refractivity contribution < 1.29 is 9.84 Å². The van der Waals surface area contributed by atoms with Crippen molar-refractivity contribution in [2.75, 3.05) is 24.7 Å². The first kappa shape index (κ1) is 18.7. The van der Waals surface area contributed by atoms with E-state index in [1.54, 1.807) is 10.9 Å². The lowest BCUT2D eigenvalue weighted by molar-refractivity contribution is 0.0210. The van der Waals surface area contributed by atoms with Crippen LogP contribution >= 0.6 is 11.8 Å². The van der Waals surface area contributed by atoms with Crippen molar-refractivity contribution >= 4 is 28.6 Å². The third kappa shape index (κ3) is 2.94. The zero-order chi connectivity index (χ0) is 20.3. The number of aromatic nitrogens is 5. The van der Waals surface area contributed by atoms with Gasteiger partial charge in [-0.2, -0.15) is 26.6 Å². The SMILES string of the molecule is C[C@@H]1COCCN1c1cc(C2(O)CC3CC[C@@H](C2)S3)c2cnn(-c3ccn[nH]3)c2n1. The van der Waals surface area contributed by atoms with Gasteiger partial charge < -0.3 is 14.7 Å². The number of aliphatic hydroxyl groups is 1. The summed E-state index contributed by atoms with van der Waals surface area (Å²) in [5.41, 5.74) is 0.873. The molecule has 2 N–H and O–H groups in total. The molecular formula is C21H26N6O2S. The predicted octanol–water partition coefficient (Wildman–Crippen LogP) is 2.61. The van der Waals surface area contributed by atoms with Gasteiger partial charge in [0.2, 0.25) is 0 Å². The molecule has 9 heteroatoms. The molecular weight excluding hydrogens is 400 g/mol. The van der Waals surface area contributed by atoms with E-state index < -0.39 is 5.60 Å². The Morgan fingerprint density at radius 1 is 1.30 bits per heavy atom. The summed E-state index contributed by atoms with van der Waals surface area (Å²) < 4.78 is 7.43. The molecule has 0 spiro atoms. The van der Waals surface area contributed by atoms with Gasteiger partial charge in [0.1, 0.15) is 5.82 Å². The topological polar surface area (TPSA) is 92.1 Å². The molecule has 4 atom stereocenters. The average Bonchev–Trinajstić information content (AvgIpc) is 3.47. The summed E-state index contributed by atoms with van der Waals surface area (Å²) in [5.74, 6) is 1.65. The Balaban J connectivity index is 1.54. The standard InChI is InChI=1S/C21H26N6O2S/c1-13-12-29-7-6-26(13)19-8-17(21(28)9-14-2-3-15(10-21)30-14)16-11-23-27(20(16)24-19)18-4-5-22-25-18/h4-5,8,11,13-15,28H,2-3,6-7,9-10,12H2,1H3,(H,22,25)/t13-,14+,15?,21?/m1/s1. The van der Waals surface area contributed by atoms with Crippen molar-refractivity contribution in [3.63, 3.8) is 0 Å². The summed E-state index contributed by atoms with van der Waals surface area (Å²) in [6, 6.07) is 4.22. The Bertz CT molecular complexity index is 1060. The average molecular weight is 427 g/mol. The van der Waals surface area contributed by atoms with Crippen LogP contribution in [0.5, 0.6) is 0 Å². The van der Waals surface area contributed by atoms with Crippen LogP contribution in [0.25, 0.3) is 16.9 Å². The van der Waals surface area contributed by atoms with Crippen molar-refractivity contribution in [2.24, 2.45) is 0 Å². The number of nitrogens with zero attached hydrogens (tertiary/aromatic N) is 5. The molecule has 3 aliphatic heterocycles. The van der Waals surface area contributed by atoms with Crippen molar-refractivity contribution in [3.8, 4) is 5.82 Å². The molecule has 3 fully saturated rings. The first-order chi connectivity index (χ1) is 14.6. The summed E-state index contributed by atoms with van der Waals surface area (Å²) in [4.78, 5) is 7.30. The fourth-order valence-electron chi connectivity index (χ4n) is 5.27. The second-order valence-electron chi connectivity index (χ2n) is 8.78. The van der Waals surface area contributed by atoms with Gasteiger partial charge in [0.05, 0.1) is 37.3 Å². The highest BCUT2D eigenvalue weighted by Gasteiger charge is 2.45.